The fraction of sp³-hybridized carbons (Fsp3) is 0.333. The lowest BCUT2D eigenvalue weighted by atomic mass is 10.1. The predicted octanol–water partition coefficient (Wildman–Crippen LogP) is 0.998. The van der Waals surface area contributed by atoms with Gasteiger partial charge in [0.05, 0.1) is 0 Å². The first-order valence-electron chi connectivity index (χ1n) is 5.41. The largest absolute Gasteiger partial charge is 0.481 e. The van der Waals surface area contributed by atoms with E-state index in [-0.39, 0.29) is 18.9 Å². The van der Waals surface area contributed by atoms with Gasteiger partial charge in [-0.2, -0.15) is 0 Å². The summed E-state index contributed by atoms with van der Waals surface area (Å²) in [5.41, 5.74) is 1.09. The molecule has 1 aromatic carbocycles. The van der Waals surface area contributed by atoms with Crippen molar-refractivity contribution in [2.24, 2.45) is 0 Å². The van der Waals surface area contributed by atoms with E-state index in [9.17, 15) is 14.7 Å². The summed E-state index contributed by atoms with van der Waals surface area (Å²) >= 11 is 0. The van der Waals surface area contributed by atoms with Crippen LogP contribution in [0.15, 0.2) is 24.3 Å². The van der Waals surface area contributed by atoms with Crippen molar-refractivity contribution in [3.8, 4) is 0 Å². The summed E-state index contributed by atoms with van der Waals surface area (Å²) < 4.78 is 0. The van der Waals surface area contributed by atoms with Crippen LogP contribution in [0.2, 0.25) is 0 Å². The van der Waals surface area contributed by atoms with Crippen molar-refractivity contribution < 1.29 is 19.8 Å². The number of carboxylic acids is 1. The van der Waals surface area contributed by atoms with Crippen LogP contribution >= 0.6 is 0 Å². The van der Waals surface area contributed by atoms with Crippen LogP contribution in [0, 0.1) is 0 Å². The Kier molecular flexibility index (Phi) is 3.10. The third-order valence-corrected chi connectivity index (χ3v) is 2.82. The van der Waals surface area contributed by atoms with E-state index in [1.807, 2.05) is 0 Å². The Balaban J connectivity index is 2.08. The lowest BCUT2D eigenvalue weighted by Crippen LogP contribution is -2.29. The number of amides is 1. The fourth-order valence-electron chi connectivity index (χ4n) is 1.98. The number of carbonyl (C=O) groups is 2. The molecule has 0 aromatic heterocycles. The first-order valence-corrected chi connectivity index (χ1v) is 5.41. The average molecular weight is 235 g/mol. The molecule has 0 radical (unpaired) electrons. The van der Waals surface area contributed by atoms with E-state index in [0.717, 1.165) is 0 Å². The molecule has 2 rings (SSSR count). The Morgan fingerprint density at radius 3 is 2.71 bits per heavy atom. The Hall–Kier alpha value is -1.88. The number of carbonyl (C=O) groups excluding carboxylic acids is 1. The minimum atomic E-state index is -0.951. The van der Waals surface area contributed by atoms with E-state index in [0.29, 0.717) is 17.5 Å². The second-order valence-corrected chi connectivity index (χ2v) is 3.96. The first-order chi connectivity index (χ1) is 8.11. The summed E-state index contributed by atoms with van der Waals surface area (Å²) in [4.78, 5) is 23.6. The van der Waals surface area contributed by atoms with Crippen LogP contribution in [-0.4, -0.2) is 33.5 Å². The molecule has 1 atom stereocenters. The number of aliphatic hydroxyl groups is 1. The Morgan fingerprint density at radius 2 is 2.06 bits per heavy atom. The maximum absolute atomic E-state index is 11.9. The van der Waals surface area contributed by atoms with E-state index in [2.05, 4.69) is 0 Å². The highest BCUT2D eigenvalue weighted by atomic mass is 16.4. The summed E-state index contributed by atoms with van der Waals surface area (Å²) in [6, 6.07) is 6.87. The number of carboxylic acid groups (broad SMARTS) is 1. The second kappa shape index (κ2) is 4.55. The molecule has 1 amide bonds. The molecule has 1 aliphatic heterocycles. The van der Waals surface area contributed by atoms with E-state index < -0.39 is 12.2 Å². The summed E-state index contributed by atoms with van der Waals surface area (Å²) in [7, 11) is 0. The molecule has 5 nitrogen and oxygen atoms in total. The molecule has 1 aliphatic rings. The zero-order valence-corrected chi connectivity index (χ0v) is 9.17. The van der Waals surface area contributed by atoms with Crippen molar-refractivity contribution in [3.05, 3.63) is 35.4 Å². The molecule has 0 saturated heterocycles. The highest BCUT2D eigenvalue weighted by Crippen LogP contribution is 2.31. The van der Waals surface area contributed by atoms with Crippen LogP contribution in [0.4, 0.5) is 0 Å². The number of aliphatic carboxylic acids is 1. The van der Waals surface area contributed by atoms with Gasteiger partial charge in [-0.1, -0.05) is 18.2 Å². The molecule has 1 heterocycles. The summed E-state index contributed by atoms with van der Waals surface area (Å²) in [5, 5.41) is 18.5. The summed E-state index contributed by atoms with van der Waals surface area (Å²) in [6.07, 6.45) is -0.619. The minimum Gasteiger partial charge on any atom is -0.481 e. The zero-order chi connectivity index (χ0) is 12.4. The minimum absolute atomic E-state index is 0.00710. The van der Waals surface area contributed by atoms with Crippen LogP contribution in [0.25, 0.3) is 0 Å². The number of rotatable bonds is 4. The van der Waals surface area contributed by atoms with Crippen molar-refractivity contribution >= 4 is 11.9 Å². The molecule has 1 unspecified atom stereocenters. The molecule has 0 aliphatic carbocycles. The quantitative estimate of drug-likeness (QED) is 0.816. The lowest BCUT2D eigenvalue weighted by molar-refractivity contribution is -0.137. The second-order valence-electron chi connectivity index (χ2n) is 3.96. The van der Waals surface area contributed by atoms with E-state index in [1.54, 1.807) is 24.3 Å². The molecule has 90 valence electrons. The number of nitrogens with zero attached hydrogens (tertiary/aromatic N) is 1. The maximum atomic E-state index is 11.9. The van der Waals surface area contributed by atoms with Crippen LogP contribution in [0.5, 0.6) is 0 Å². The molecule has 0 fully saturated rings. The summed E-state index contributed by atoms with van der Waals surface area (Å²) in [6.45, 7) is 0.251. The topological polar surface area (TPSA) is 77.8 Å². The van der Waals surface area contributed by atoms with Crippen LogP contribution in [0.3, 0.4) is 0 Å². The van der Waals surface area contributed by atoms with Gasteiger partial charge in [-0.25, -0.2) is 0 Å². The Bertz CT molecular complexity index is 458. The van der Waals surface area contributed by atoms with E-state index in [4.69, 9.17) is 5.11 Å². The monoisotopic (exact) mass is 235 g/mol. The molecule has 0 saturated carbocycles. The van der Waals surface area contributed by atoms with Gasteiger partial charge in [0.1, 0.15) is 0 Å². The third kappa shape index (κ3) is 2.14. The molecule has 2 N–H and O–H groups in total. The zero-order valence-electron chi connectivity index (χ0n) is 9.17. The van der Waals surface area contributed by atoms with Gasteiger partial charge >= 0.3 is 5.97 Å². The van der Waals surface area contributed by atoms with Gasteiger partial charge in [0.15, 0.2) is 6.23 Å². The van der Waals surface area contributed by atoms with Crippen LogP contribution < -0.4 is 0 Å². The average Bonchev–Trinajstić information content (AvgIpc) is 2.54. The van der Waals surface area contributed by atoms with Crippen molar-refractivity contribution in [2.75, 3.05) is 6.54 Å². The number of aliphatic hydroxyl groups excluding tert-OH is 1. The van der Waals surface area contributed by atoms with E-state index >= 15 is 0 Å². The van der Waals surface area contributed by atoms with Gasteiger partial charge in [0.2, 0.25) is 0 Å². The maximum Gasteiger partial charge on any atom is 0.303 e. The van der Waals surface area contributed by atoms with Crippen molar-refractivity contribution in [2.45, 2.75) is 19.1 Å². The van der Waals surface area contributed by atoms with Gasteiger partial charge in [0.25, 0.3) is 5.91 Å². The normalized spacial score (nSPS) is 18.3. The number of fused-ring (bicyclic) bond motifs is 1. The SMILES string of the molecule is O=C(O)CCCN1C(=O)c2ccccc2C1O. The first kappa shape index (κ1) is 11.6. The molecular weight excluding hydrogens is 222 g/mol. The van der Waals surface area contributed by atoms with Crippen molar-refractivity contribution in [1.82, 2.24) is 4.90 Å². The van der Waals surface area contributed by atoms with Gasteiger partial charge in [-0.05, 0) is 12.5 Å². The molecule has 5 heteroatoms. The molecule has 0 bridgehead atoms. The Labute approximate surface area is 98.3 Å². The Morgan fingerprint density at radius 1 is 1.35 bits per heavy atom. The van der Waals surface area contributed by atoms with Gasteiger partial charge in [-0.3, -0.25) is 9.59 Å². The predicted molar refractivity (Wildman–Crippen MR) is 59.3 cm³/mol. The molecular formula is C12H13NO4. The van der Waals surface area contributed by atoms with Gasteiger partial charge in [0, 0.05) is 24.1 Å². The van der Waals surface area contributed by atoms with Crippen LogP contribution in [0.1, 0.15) is 35.0 Å². The van der Waals surface area contributed by atoms with Crippen LogP contribution in [-0.2, 0) is 4.79 Å². The van der Waals surface area contributed by atoms with Crippen molar-refractivity contribution in [3.63, 3.8) is 0 Å². The van der Waals surface area contributed by atoms with Gasteiger partial charge in [-0.15, -0.1) is 0 Å². The highest BCUT2D eigenvalue weighted by molar-refractivity contribution is 5.98. The fourth-order valence-corrected chi connectivity index (χ4v) is 1.98. The number of benzene rings is 1. The smallest absolute Gasteiger partial charge is 0.303 e. The molecule has 1 aromatic rings. The van der Waals surface area contributed by atoms with Gasteiger partial charge < -0.3 is 15.1 Å². The number of hydrogen-bond acceptors (Lipinski definition) is 3. The van der Waals surface area contributed by atoms with Crippen molar-refractivity contribution in [1.29, 1.82) is 0 Å². The molecule has 0 spiro atoms. The third-order valence-electron chi connectivity index (χ3n) is 2.82. The molecule has 17 heavy (non-hydrogen) atoms. The standard InChI is InChI=1S/C12H13NO4/c14-10(15)6-3-7-13-11(16)8-4-1-2-5-9(8)12(13)17/h1-2,4-5,11,16H,3,6-7H2,(H,14,15). The lowest BCUT2D eigenvalue weighted by Gasteiger charge is -2.20. The highest BCUT2D eigenvalue weighted by Gasteiger charge is 2.34. The summed E-state index contributed by atoms with van der Waals surface area (Å²) in [5.74, 6) is -1.14. The van der Waals surface area contributed by atoms with E-state index in [1.165, 1.54) is 4.90 Å². The number of hydrogen-bond donors (Lipinski definition) is 2.